The number of anilines is 1. The number of ether oxygens (including phenoxy) is 2. The number of nitrogens with one attached hydrogen (secondary N) is 1. The minimum absolute atomic E-state index is 0.136. The molecule has 1 unspecified atom stereocenters. The minimum atomic E-state index is -0.136. The Kier molecular flexibility index (Phi) is 6.34. The summed E-state index contributed by atoms with van der Waals surface area (Å²) in [4.78, 5) is 24.0. The Labute approximate surface area is 166 Å². The third-order valence-electron chi connectivity index (χ3n) is 5.07. The molecule has 0 bridgehead atoms. The van der Waals surface area contributed by atoms with Gasteiger partial charge in [0.2, 0.25) is 0 Å². The van der Waals surface area contributed by atoms with Crippen LogP contribution in [0.25, 0.3) is 0 Å². The highest BCUT2D eigenvalue weighted by Gasteiger charge is 2.23. The van der Waals surface area contributed by atoms with Crippen LogP contribution >= 0.6 is 0 Å². The molecule has 7 heteroatoms. The highest BCUT2D eigenvalue weighted by atomic mass is 16.5. The van der Waals surface area contributed by atoms with Crippen molar-refractivity contribution in [2.45, 2.75) is 26.7 Å². The summed E-state index contributed by atoms with van der Waals surface area (Å²) in [6.07, 6.45) is 3.94. The maximum absolute atomic E-state index is 12.6. The number of carbonyl (C=O) groups is 1. The molecule has 1 aliphatic heterocycles. The second-order valence-electron chi connectivity index (χ2n) is 7.15. The molecule has 2 heterocycles. The minimum Gasteiger partial charge on any atom is -0.497 e. The van der Waals surface area contributed by atoms with Crippen molar-refractivity contribution < 1.29 is 14.3 Å². The van der Waals surface area contributed by atoms with E-state index in [-0.39, 0.29) is 5.91 Å². The maximum atomic E-state index is 12.6. The van der Waals surface area contributed by atoms with E-state index in [1.165, 1.54) is 0 Å². The predicted molar refractivity (Wildman–Crippen MR) is 108 cm³/mol. The smallest absolute Gasteiger partial charge is 0.255 e. The number of hydrogen-bond acceptors (Lipinski definition) is 6. The van der Waals surface area contributed by atoms with Gasteiger partial charge in [0.05, 0.1) is 31.2 Å². The van der Waals surface area contributed by atoms with Crippen molar-refractivity contribution in [2.24, 2.45) is 5.92 Å². The van der Waals surface area contributed by atoms with Gasteiger partial charge in [0, 0.05) is 31.9 Å². The number of rotatable bonds is 6. The average molecular weight is 384 g/mol. The van der Waals surface area contributed by atoms with E-state index in [4.69, 9.17) is 9.47 Å². The van der Waals surface area contributed by atoms with E-state index in [0.29, 0.717) is 29.5 Å². The third-order valence-corrected chi connectivity index (χ3v) is 5.07. The van der Waals surface area contributed by atoms with Crippen LogP contribution in [0, 0.1) is 19.8 Å². The van der Waals surface area contributed by atoms with Crippen LogP contribution in [0.2, 0.25) is 0 Å². The van der Waals surface area contributed by atoms with Gasteiger partial charge in [0.15, 0.2) is 0 Å². The molecule has 7 nitrogen and oxygen atoms in total. The lowest BCUT2D eigenvalue weighted by Crippen LogP contribution is -2.41. The summed E-state index contributed by atoms with van der Waals surface area (Å²) in [5.74, 6) is 2.35. The number of hydrogen-bond donors (Lipinski definition) is 1. The molecule has 1 fully saturated rings. The quantitative estimate of drug-likeness (QED) is 0.825. The first-order chi connectivity index (χ1) is 13.5. The Morgan fingerprint density at radius 3 is 2.86 bits per heavy atom. The number of methoxy groups -OCH3 is 2. The number of carbonyl (C=O) groups excluding carboxylic acids is 1. The molecule has 28 heavy (non-hydrogen) atoms. The van der Waals surface area contributed by atoms with Crippen molar-refractivity contribution in [2.75, 3.05) is 38.8 Å². The number of nitrogens with zero attached hydrogens (tertiary/aromatic N) is 3. The van der Waals surface area contributed by atoms with Crippen LogP contribution in [0.3, 0.4) is 0 Å². The van der Waals surface area contributed by atoms with Gasteiger partial charge in [0.25, 0.3) is 5.91 Å². The van der Waals surface area contributed by atoms with Gasteiger partial charge in [-0.1, -0.05) is 0 Å². The van der Waals surface area contributed by atoms with Crippen LogP contribution in [0.4, 0.5) is 5.82 Å². The summed E-state index contributed by atoms with van der Waals surface area (Å²) in [6.45, 7) is 6.39. The van der Waals surface area contributed by atoms with Crippen molar-refractivity contribution in [3.63, 3.8) is 0 Å². The average Bonchev–Trinajstić information content (AvgIpc) is 2.73. The van der Waals surface area contributed by atoms with E-state index in [0.717, 1.165) is 43.1 Å². The van der Waals surface area contributed by atoms with Crippen molar-refractivity contribution in [1.29, 1.82) is 0 Å². The lowest BCUT2D eigenvalue weighted by Gasteiger charge is -2.34. The molecule has 0 saturated carbocycles. The first kappa shape index (κ1) is 19.9. The zero-order valence-corrected chi connectivity index (χ0v) is 17.0. The number of benzene rings is 1. The van der Waals surface area contributed by atoms with E-state index >= 15 is 0 Å². The molecule has 1 atom stereocenters. The normalized spacial score (nSPS) is 16.6. The molecule has 1 N–H and O–H groups in total. The molecule has 1 aromatic carbocycles. The van der Waals surface area contributed by atoms with Crippen LogP contribution in [0.1, 0.15) is 34.6 Å². The number of amides is 1. The molecule has 1 saturated heterocycles. The van der Waals surface area contributed by atoms with Crippen molar-refractivity contribution in [1.82, 2.24) is 15.3 Å². The van der Waals surface area contributed by atoms with E-state index in [2.05, 4.69) is 20.2 Å². The van der Waals surface area contributed by atoms with E-state index in [1.54, 1.807) is 38.6 Å². The fourth-order valence-corrected chi connectivity index (χ4v) is 3.57. The largest absolute Gasteiger partial charge is 0.497 e. The third kappa shape index (κ3) is 4.52. The summed E-state index contributed by atoms with van der Waals surface area (Å²) in [6, 6.07) is 5.21. The Bertz CT molecular complexity index is 840. The van der Waals surface area contributed by atoms with Crippen LogP contribution in [0.15, 0.2) is 24.4 Å². The number of piperidine rings is 1. The molecule has 0 aliphatic carbocycles. The van der Waals surface area contributed by atoms with Gasteiger partial charge in [-0.25, -0.2) is 4.98 Å². The molecule has 0 radical (unpaired) electrons. The van der Waals surface area contributed by atoms with Gasteiger partial charge in [-0.3, -0.25) is 9.78 Å². The van der Waals surface area contributed by atoms with Gasteiger partial charge in [0.1, 0.15) is 17.3 Å². The summed E-state index contributed by atoms with van der Waals surface area (Å²) in [5, 5.41) is 3.06. The first-order valence-electron chi connectivity index (χ1n) is 9.57. The second-order valence-corrected chi connectivity index (χ2v) is 7.15. The molecule has 1 aliphatic rings. The monoisotopic (exact) mass is 384 g/mol. The van der Waals surface area contributed by atoms with Gasteiger partial charge in [-0.15, -0.1) is 0 Å². The summed E-state index contributed by atoms with van der Waals surface area (Å²) >= 11 is 0. The molecule has 2 aromatic rings. The Balaban J connectivity index is 1.63. The standard InChI is InChI=1S/C21H28N4O3/c1-14-11-22-15(2)20(24-14)25-9-5-6-16(13-25)12-23-21(26)18-8-7-17(27-3)10-19(18)28-4/h7-8,10-11,16H,5-6,9,12-13H2,1-4H3,(H,23,26). The summed E-state index contributed by atoms with van der Waals surface area (Å²) in [5.41, 5.74) is 2.37. The van der Waals surface area contributed by atoms with Crippen LogP contribution in [0.5, 0.6) is 11.5 Å². The van der Waals surface area contributed by atoms with Gasteiger partial charge in [-0.05, 0) is 44.7 Å². The Hall–Kier alpha value is -2.83. The predicted octanol–water partition coefficient (Wildman–Crippen LogP) is 2.76. The summed E-state index contributed by atoms with van der Waals surface area (Å²) < 4.78 is 10.5. The molecule has 1 amide bonds. The fraction of sp³-hybridized carbons (Fsp3) is 0.476. The van der Waals surface area contributed by atoms with E-state index in [1.807, 2.05) is 13.8 Å². The van der Waals surface area contributed by atoms with Crippen molar-refractivity contribution in [3.8, 4) is 11.5 Å². The molecular formula is C21H28N4O3. The SMILES string of the molecule is COc1ccc(C(=O)NCC2CCCN(c3nc(C)cnc3C)C2)c(OC)c1. The zero-order chi connectivity index (χ0) is 20.1. The Morgan fingerprint density at radius 1 is 1.29 bits per heavy atom. The van der Waals surface area contributed by atoms with Crippen molar-refractivity contribution >= 4 is 11.7 Å². The van der Waals surface area contributed by atoms with Crippen LogP contribution in [-0.4, -0.2) is 49.7 Å². The van der Waals surface area contributed by atoms with Crippen molar-refractivity contribution in [3.05, 3.63) is 41.3 Å². The first-order valence-corrected chi connectivity index (χ1v) is 9.57. The highest BCUT2D eigenvalue weighted by molar-refractivity contribution is 5.97. The second kappa shape index (κ2) is 8.91. The van der Waals surface area contributed by atoms with Gasteiger partial charge < -0.3 is 19.7 Å². The molecule has 150 valence electrons. The summed E-state index contributed by atoms with van der Waals surface area (Å²) in [7, 11) is 3.14. The molecule has 3 rings (SSSR count). The van der Waals surface area contributed by atoms with Gasteiger partial charge in [-0.2, -0.15) is 0 Å². The number of aromatic nitrogens is 2. The fourth-order valence-electron chi connectivity index (χ4n) is 3.57. The lowest BCUT2D eigenvalue weighted by molar-refractivity contribution is 0.0942. The molecular weight excluding hydrogens is 356 g/mol. The number of aryl methyl sites for hydroxylation is 2. The van der Waals surface area contributed by atoms with Crippen LogP contribution in [-0.2, 0) is 0 Å². The topological polar surface area (TPSA) is 76.6 Å². The van der Waals surface area contributed by atoms with Crippen LogP contribution < -0.4 is 19.7 Å². The molecule has 1 aromatic heterocycles. The highest BCUT2D eigenvalue weighted by Crippen LogP contribution is 2.26. The van der Waals surface area contributed by atoms with E-state index < -0.39 is 0 Å². The Morgan fingerprint density at radius 2 is 2.11 bits per heavy atom. The van der Waals surface area contributed by atoms with E-state index in [9.17, 15) is 4.79 Å². The maximum Gasteiger partial charge on any atom is 0.255 e. The zero-order valence-electron chi connectivity index (χ0n) is 17.0. The molecule has 0 spiro atoms. The van der Waals surface area contributed by atoms with Gasteiger partial charge >= 0.3 is 0 Å². The lowest BCUT2D eigenvalue weighted by atomic mass is 9.97.